The number of benzene rings is 1. The number of nitrogens with zero attached hydrogens (tertiary/aromatic N) is 1. The molecule has 0 N–H and O–H groups in total. The highest BCUT2D eigenvalue weighted by molar-refractivity contribution is 5.45. The molecule has 1 heterocycles. The van der Waals surface area contributed by atoms with Gasteiger partial charge in [-0.1, -0.05) is 0 Å². The molecule has 0 saturated carbocycles. The van der Waals surface area contributed by atoms with Crippen molar-refractivity contribution in [1.29, 1.82) is 5.26 Å². The lowest BCUT2D eigenvalue weighted by Gasteiger charge is -2.31. The maximum absolute atomic E-state index is 9.84. The maximum Gasteiger partial charge on any atom is 0.123 e. The molecule has 26 heavy (non-hydrogen) atoms. The second-order valence-corrected chi connectivity index (χ2v) is 6.09. The second kappa shape index (κ2) is 11.0. The lowest BCUT2D eigenvalue weighted by molar-refractivity contribution is 0.0672. The third-order valence-corrected chi connectivity index (χ3v) is 4.39. The third-order valence-electron chi connectivity index (χ3n) is 4.39. The summed E-state index contributed by atoms with van der Waals surface area (Å²) in [6.45, 7) is 8.36. The van der Waals surface area contributed by atoms with E-state index in [-0.39, 0.29) is 0 Å². The monoisotopic (exact) mass is 363 g/mol. The number of ether oxygens (including phenoxy) is 5. The first-order valence-electron chi connectivity index (χ1n) is 9.29. The van der Waals surface area contributed by atoms with E-state index in [4.69, 9.17) is 23.7 Å². The molecular formula is C20H29NO5. The molecular weight excluding hydrogens is 334 g/mol. The zero-order valence-corrected chi connectivity index (χ0v) is 15.8. The van der Waals surface area contributed by atoms with E-state index in [0.29, 0.717) is 77.2 Å². The summed E-state index contributed by atoms with van der Waals surface area (Å²) in [5, 5.41) is 9.84. The SMILES string of the molecule is CCOCCOc1cc(OCCOCC)cc(C2(C#N)CCOCC2)c1. The van der Waals surface area contributed by atoms with Gasteiger partial charge in [0, 0.05) is 32.5 Å². The summed E-state index contributed by atoms with van der Waals surface area (Å²) in [5.74, 6) is 1.38. The first-order valence-corrected chi connectivity index (χ1v) is 9.29. The molecule has 0 aromatic heterocycles. The molecule has 0 amide bonds. The minimum Gasteiger partial charge on any atom is -0.491 e. The van der Waals surface area contributed by atoms with Crippen molar-refractivity contribution in [2.24, 2.45) is 0 Å². The number of hydrogen-bond donors (Lipinski definition) is 0. The highest BCUT2D eigenvalue weighted by atomic mass is 16.5. The van der Waals surface area contributed by atoms with Crippen molar-refractivity contribution in [3.63, 3.8) is 0 Å². The molecule has 0 aliphatic carbocycles. The van der Waals surface area contributed by atoms with Crippen molar-refractivity contribution in [3.8, 4) is 17.6 Å². The van der Waals surface area contributed by atoms with Crippen LogP contribution in [0.4, 0.5) is 0 Å². The normalized spacial score (nSPS) is 16.0. The van der Waals surface area contributed by atoms with Crippen molar-refractivity contribution in [2.75, 3.05) is 52.9 Å². The summed E-state index contributed by atoms with van der Waals surface area (Å²) in [4.78, 5) is 0. The lowest BCUT2D eigenvalue weighted by atomic mass is 9.75. The van der Waals surface area contributed by atoms with E-state index in [1.807, 2.05) is 32.0 Å². The molecule has 0 radical (unpaired) electrons. The van der Waals surface area contributed by atoms with Gasteiger partial charge in [-0.05, 0) is 44.4 Å². The zero-order chi connectivity index (χ0) is 18.7. The second-order valence-electron chi connectivity index (χ2n) is 6.09. The van der Waals surface area contributed by atoms with Crippen molar-refractivity contribution in [1.82, 2.24) is 0 Å². The van der Waals surface area contributed by atoms with Crippen LogP contribution in [0.2, 0.25) is 0 Å². The van der Waals surface area contributed by atoms with Crippen molar-refractivity contribution in [3.05, 3.63) is 23.8 Å². The van der Waals surface area contributed by atoms with Gasteiger partial charge in [0.1, 0.15) is 24.7 Å². The van der Waals surface area contributed by atoms with Crippen LogP contribution in [0.5, 0.6) is 11.5 Å². The van der Waals surface area contributed by atoms with Crippen LogP contribution in [0.3, 0.4) is 0 Å². The Hall–Kier alpha value is -1.81. The molecule has 1 aromatic rings. The fourth-order valence-corrected chi connectivity index (χ4v) is 2.93. The van der Waals surface area contributed by atoms with E-state index in [0.717, 1.165) is 5.56 Å². The topological polar surface area (TPSA) is 69.9 Å². The van der Waals surface area contributed by atoms with Crippen LogP contribution in [0.25, 0.3) is 0 Å². The number of nitriles is 1. The Morgan fingerprint density at radius 2 is 1.46 bits per heavy atom. The maximum atomic E-state index is 9.84. The fourth-order valence-electron chi connectivity index (χ4n) is 2.93. The Kier molecular flexibility index (Phi) is 8.69. The van der Waals surface area contributed by atoms with Crippen LogP contribution in [-0.4, -0.2) is 52.9 Å². The minimum atomic E-state index is -0.560. The van der Waals surface area contributed by atoms with E-state index in [2.05, 4.69) is 6.07 Å². The predicted molar refractivity (Wildman–Crippen MR) is 97.8 cm³/mol. The van der Waals surface area contributed by atoms with Crippen LogP contribution >= 0.6 is 0 Å². The largest absolute Gasteiger partial charge is 0.491 e. The standard InChI is InChI=1S/C20H29NO5/c1-3-22-9-11-25-18-13-17(20(16-21)5-7-24-8-6-20)14-19(15-18)26-12-10-23-4-2/h13-15H,3-12H2,1-2H3. The van der Waals surface area contributed by atoms with Gasteiger partial charge >= 0.3 is 0 Å². The van der Waals surface area contributed by atoms with Crippen molar-refractivity contribution >= 4 is 0 Å². The van der Waals surface area contributed by atoms with Gasteiger partial charge in [0.15, 0.2) is 0 Å². The fraction of sp³-hybridized carbons (Fsp3) is 0.650. The summed E-state index contributed by atoms with van der Waals surface area (Å²) in [5.41, 5.74) is 0.360. The predicted octanol–water partition coefficient (Wildman–Crippen LogP) is 3.09. The van der Waals surface area contributed by atoms with E-state index in [9.17, 15) is 5.26 Å². The minimum absolute atomic E-state index is 0.457. The quantitative estimate of drug-likeness (QED) is 0.563. The van der Waals surface area contributed by atoms with E-state index >= 15 is 0 Å². The molecule has 6 heteroatoms. The van der Waals surface area contributed by atoms with Crippen LogP contribution in [-0.2, 0) is 19.6 Å². The molecule has 6 nitrogen and oxygen atoms in total. The molecule has 0 atom stereocenters. The molecule has 0 bridgehead atoms. The summed E-state index contributed by atoms with van der Waals surface area (Å²) in [7, 11) is 0. The van der Waals surface area contributed by atoms with Crippen LogP contribution in [0.15, 0.2) is 18.2 Å². The lowest BCUT2D eigenvalue weighted by Crippen LogP contribution is -2.32. The third kappa shape index (κ3) is 5.87. The Morgan fingerprint density at radius 1 is 0.923 bits per heavy atom. The van der Waals surface area contributed by atoms with E-state index in [1.54, 1.807) is 0 Å². The zero-order valence-electron chi connectivity index (χ0n) is 15.8. The number of rotatable bonds is 11. The van der Waals surface area contributed by atoms with Crippen LogP contribution in [0, 0.1) is 11.3 Å². The van der Waals surface area contributed by atoms with E-state index < -0.39 is 5.41 Å². The molecule has 1 fully saturated rings. The summed E-state index contributed by atoms with van der Waals surface area (Å²) in [6, 6.07) is 8.23. The Labute approximate surface area is 155 Å². The van der Waals surface area contributed by atoms with Gasteiger partial charge < -0.3 is 23.7 Å². The first-order chi connectivity index (χ1) is 12.7. The molecule has 144 valence electrons. The van der Waals surface area contributed by atoms with Gasteiger partial charge in [-0.3, -0.25) is 0 Å². The van der Waals surface area contributed by atoms with Crippen molar-refractivity contribution < 1.29 is 23.7 Å². The Bertz CT molecular complexity index is 548. The van der Waals surface area contributed by atoms with Gasteiger partial charge in [-0.15, -0.1) is 0 Å². The van der Waals surface area contributed by atoms with Gasteiger partial charge in [-0.25, -0.2) is 0 Å². The smallest absolute Gasteiger partial charge is 0.123 e. The van der Waals surface area contributed by atoms with Crippen LogP contribution in [0.1, 0.15) is 32.3 Å². The van der Waals surface area contributed by atoms with Gasteiger partial charge in [0.25, 0.3) is 0 Å². The molecule has 1 aromatic carbocycles. The Balaban J connectivity index is 2.17. The Morgan fingerprint density at radius 3 is 1.92 bits per heavy atom. The highest BCUT2D eigenvalue weighted by Gasteiger charge is 2.35. The van der Waals surface area contributed by atoms with Crippen molar-refractivity contribution in [2.45, 2.75) is 32.1 Å². The van der Waals surface area contributed by atoms with Gasteiger partial charge in [0.05, 0.1) is 24.7 Å². The molecule has 2 rings (SSSR count). The average Bonchev–Trinajstić information content (AvgIpc) is 2.69. The summed E-state index contributed by atoms with van der Waals surface area (Å²) >= 11 is 0. The first kappa shape index (κ1) is 20.5. The van der Waals surface area contributed by atoms with Gasteiger partial charge in [-0.2, -0.15) is 5.26 Å². The highest BCUT2D eigenvalue weighted by Crippen LogP contribution is 2.38. The van der Waals surface area contributed by atoms with Gasteiger partial charge in [0.2, 0.25) is 0 Å². The van der Waals surface area contributed by atoms with Crippen LogP contribution < -0.4 is 9.47 Å². The van der Waals surface area contributed by atoms with E-state index in [1.165, 1.54) is 0 Å². The molecule has 0 unspecified atom stereocenters. The average molecular weight is 363 g/mol. The molecule has 1 aliphatic heterocycles. The molecule has 1 aliphatic rings. The number of hydrogen-bond acceptors (Lipinski definition) is 6. The molecule has 1 saturated heterocycles. The summed E-state index contributed by atoms with van der Waals surface area (Å²) in [6.07, 6.45) is 1.34. The summed E-state index contributed by atoms with van der Waals surface area (Å²) < 4.78 is 27.7. The molecule has 0 spiro atoms.